The SMILES string of the molecule is CCCC(CCC)=NNC(=O)c1cccc(C)c1O. The second kappa shape index (κ2) is 7.56. The first-order valence-electron chi connectivity index (χ1n) is 6.74. The fraction of sp³-hybridized carbons (Fsp3) is 0.467. The summed E-state index contributed by atoms with van der Waals surface area (Å²) in [5, 5.41) is 14.0. The van der Waals surface area contributed by atoms with Gasteiger partial charge >= 0.3 is 0 Å². The van der Waals surface area contributed by atoms with Crippen LogP contribution in [0.25, 0.3) is 0 Å². The maximum Gasteiger partial charge on any atom is 0.275 e. The van der Waals surface area contributed by atoms with E-state index in [1.807, 2.05) is 0 Å². The summed E-state index contributed by atoms with van der Waals surface area (Å²) in [6.45, 7) is 5.92. The number of aryl methyl sites for hydroxylation is 1. The lowest BCUT2D eigenvalue weighted by Gasteiger charge is -2.07. The Kier molecular flexibility index (Phi) is 6.06. The van der Waals surface area contributed by atoms with Gasteiger partial charge in [-0.15, -0.1) is 0 Å². The number of rotatable bonds is 6. The highest BCUT2D eigenvalue weighted by atomic mass is 16.3. The van der Waals surface area contributed by atoms with Crippen molar-refractivity contribution in [1.82, 2.24) is 5.43 Å². The molecule has 0 saturated carbocycles. The van der Waals surface area contributed by atoms with E-state index in [2.05, 4.69) is 24.4 Å². The van der Waals surface area contributed by atoms with E-state index >= 15 is 0 Å². The van der Waals surface area contributed by atoms with Gasteiger partial charge in [-0.25, -0.2) is 5.43 Å². The van der Waals surface area contributed by atoms with Gasteiger partial charge < -0.3 is 5.11 Å². The summed E-state index contributed by atoms with van der Waals surface area (Å²) in [7, 11) is 0. The fourth-order valence-electron chi connectivity index (χ4n) is 1.85. The summed E-state index contributed by atoms with van der Waals surface area (Å²) < 4.78 is 0. The van der Waals surface area contributed by atoms with Crippen LogP contribution in [-0.2, 0) is 0 Å². The molecule has 0 aromatic heterocycles. The molecule has 2 N–H and O–H groups in total. The van der Waals surface area contributed by atoms with Gasteiger partial charge in [0.05, 0.1) is 5.56 Å². The zero-order valence-electron chi connectivity index (χ0n) is 11.9. The monoisotopic (exact) mass is 262 g/mol. The fourth-order valence-corrected chi connectivity index (χ4v) is 1.85. The predicted molar refractivity (Wildman–Crippen MR) is 77.6 cm³/mol. The molecule has 0 radical (unpaired) electrons. The Morgan fingerprint density at radius 1 is 1.26 bits per heavy atom. The number of phenols is 1. The summed E-state index contributed by atoms with van der Waals surface area (Å²) in [6, 6.07) is 5.09. The van der Waals surface area contributed by atoms with Gasteiger partial charge in [-0.2, -0.15) is 5.10 Å². The van der Waals surface area contributed by atoms with E-state index in [1.165, 1.54) is 0 Å². The molecule has 0 heterocycles. The maximum atomic E-state index is 12.0. The van der Waals surface area contributed by atoms with E-state index < -0.39 is 0 Å². The maximum absolute atomic E-state index is 12.0. The molecule has 4 heteroatoms. The number of carbonyl (C=O) groups is 1. The van der Waals surface area contributed by atoms with Crippen LogP contribution >= 0.6 is 0 Å². The number of carbonyl (C=O) groups excluding carboxylic acids is 1. The normalized spacial score (nSPS) is 10.1. The molecule has 1 rings (SSSR count). The standard InChI is InChI=1S/C15H22N2O2/c1-4-7-12(8-5-2)16-17-15(19)13-10-6-9-11(3)14(13)18/h6,9-10,18H,4-5,7-8H2,1-3H3,(H,17,19). The first-order valence-corrected chi connectivity index (χ1v) is 6.74. The number of hydrogen-bond acceptors (Lipinski definition) is 3. The number of nitrogens with zero attached hydrogens (tertiary/aromatic N) is 1. The number of hydrazone groups is 1. The van der Waals surface area contributed by atoms with Crippen molar-refractivity contribution in [1.29, 1.82) is 0 Å². The average molecular weight is 262 g/mol. The first-order chi connectivity index (χ1) is 9.10. The van der Waals surface area contributed by atoms with Crippen molar-refractivity contribution >= 4 is 11.6 Å². The van der Waals surface area contributed by atoms with Crippen molar-refractivity contribution < 1.29 is 9.90 Å². The van der Waals surface area contributed by atoms with Crippen LogP contribution < -0.4 is 5.43 Å². The van der Waals surface area contributed by atoms with Crippen LogP contribution in [0.15, 0.2) is 23.3 Å². The zero-order chi connectivity index (χ0) is 14.3. The van der Waals surface area contributed by atoms with Crippen LogP contribution in [0.5, 0.6) is 5.75 Å². The minimum absolute atomic E-state index is 0.0164. The highest BCUT2D eigenvalue weighted by Crippen LogP contribution is 2.21. The van der Waals surface area contributed by atoms with Crippen molar-refractivity contribution in [2.75, 3.05) is 0 Å². The molecular formula is C15H22N2O2. The van der Waals surface area contributed by atoms with Gasteiger partial charge in [-0.3, -0.25) is 4.79 Å². The Labute approximate surface area is 114 Å². The van der Waals surface area contributed by atoms with E-state index in [4.69, 9.17) is 0 Å². The number of hydrogen-bond donors (Lipinski definition) is 2. The van der Waals surface area contributed by atoms with Crippen molar-refractivity contribution in [3.8, 4) is 5.75 Å². The lowest BCUT2D eigenvalue weighted by atomic mass is 10.1. The number of nitrogens with one attached hydrogen (secondary N) is 1. The summed E-state index contributed by atoms with van der Waals surface area (Å²) in [5.41, 5.74) is 4.46. The predicted octanol–water partition coefficient (Wildman–Crippen LogP) is 3.39. The van der Waals surface area contributed by atoms with E-state index in [9.17, 15) is 9.90 Å². The molecule has 0 aliphatic rings. The molecule has 0 fully saturated rings. The van der Waals surface area contributed by atoms with Gasteiger partial charge in [0.15, 0.2) is 0 Å². The van der Waals surface area contributed by atoms with Gasteiger partial charge in [-0.1, -0.05) is 38.8 Å². The molecule has 1 amide bonds. The Hall–Kier alpha value is -1.84. The summed E-state index contributed by atoms with van der Waals surface area (Å²) in [6.07, 6.45) is 3.77. The number of phenolic OH excluding ortho intramolecular Hbond substituents is 1. The van der Waals surface area contributed by atoms with Gasteiger partial charge in [0.25, 0.3) is 5.91 Å². The lowest BCUT2D eigenvalue weighted by molar-refractivity contribution is 0.0952. The number of aromatic hydroxyl groups is 1. The van der Waals surface area contributed by atoms with Crippen molar-refractivity contribution in [2.24, 2.45) is 5.10 Å². The molecule has 0 unspecified atom stereocenters. The Balaban J connectivity index is 2.78. The zero-order valence-corrected chi connectivity index (χ0v) is 11.9. The molecule has 0 atom stereocenters. The molecule has 1 aromatic rings. The highest BCUT2D eigenvalue weighted by Gasteiger charge is 2.11. The van der Waals surface area contributed by atoms with Crippen LogP contribution in [0.4, 0.5) is 0 Å². The van der Waals surface area contributed by atoms with Gasteiger partial charge in [0.1, 0.15) is 5.75 Å². The van der Waals surface area contributed by atoms with Crippen LogP contribution in [0, 0.1) is 6.92 Å². The molecular weight excluding hydrogens is 240 g/mol. The van der Waals surface area contributed by atoms with Crippen molar-refractivity contribution in [3.63, 3.8) is 0 Å². The molecule has 0 aliphatic heterocycles. The van der Waals surface area contributed by atoms with E-state index in [0.717, 1.165) is 31.4 Å². The van der Waals surface area contributed by atoms with Crippen molar-refractivity contribution in [3.05, 3.63) is 29.3 Å². The number of amides is 1. The van der Waals surface area contributed by atoms with E-state index in [1.54, 1.807) is 25.1 Å². The van der Waals surface area contributed by atoms with E-state index in [0.29, 0.717) is 5.56 Å². The molecule has 19 heavy (non-hydrogen) atoms. The second-order valence-electron chi connectivity index (χ2n) is 4.59. The first kappa shape index (κ1) is 15.2. The van der Waals surface area contributed by atoms with Crippen LogP contribution in [0.3, 0.4) is 0 Å². The second-order valence-corrected chi connectivity index (χ2v) is 4.59. The smallest absolute Gasteiger partial charge is 0.275 e. The third kappa shape index (κ3) is 4.39. The Bertz CT molecular complexity index is 459. The molecule has 4 nitrogen and oxygen atoms in total. The Morgan fingerprint density at radius 2 is 1.89 bits per heavy atom. The minimum atomic E-state index is -0.370. The van der Waals surface area contributed by atoms with Crippen molar-refractivity contribution in [2.45, 2.75) is 46.5 Å². The van der Waals surface area contributed by atoms with Crippen LogP contribution in [0.1, 0.15) is 55.5 Å². The molecule has 1 aromatic carbocycles. The van der Waals surface area contributed by atoms with Crippen LogP contribution in [-0.4, -0.2) is 16.7 Å². The third-order valence-electron chi connectivity index (χ3n) is 2.88. The molecule has 0 aliphatic carbocycles. The van der Waals surface area contributed by atoms with Crippen LogP contribution in [0.2, 0.25) is 0 Å². The summed E-state index contributed by atoms with van der Waals surface area (Å²) >= 11 is 0. The van der Waals surface area contributed by atoms with Gasteiger partial charge in [0.2, 0.25) is 0 Å². The minimum Gasteiger partial charge on any atom is -0.507 e. The summed E-state index contributed by atoms with van der Waals surface area (Å²) in [4.78, 5) is 12.0. The molecule has 0 spiro atoms. The number of para-hydroxylation sites is 1. The summed E-state index contributed by atoms with van der Waals surface area (Å²) in [5.74, 6) is -0.353. The van der Waals surface area contributed by atoms with E-state index in [-0.39, 0.29) is 17.2 Å². The highest BCUT2D eigenvalue weighted by molar-refractivity contribution is 5.98. The average Bonchev–Trinajstić information content (AvgIpc) is 2.39. The van der Waals surface area contributed by atoms with Gasteiger partial charge in [-0.05, 0) is 31.4 Å². The Morgan fingerprint density at radius 3 is 2.47 bits per heavy atom. The quantitative estimate of drug-likeness (QED) is 0.609. The topological polar surface area (TPSA) is 61.7 Å². The molecule has 0 saturated heterocycles. The molecule has 0 bridgehead atoms. The number of benzene rings is 1. The third-order valence-corrected chi connectivity index (χ3v) is 2.88. The lowest BCUT2D eigenvalue weighted by Crippen LogP contribution is -2.20. The molecule has 104 valence electrons. The van der Waals surface area contributed by atoms with Gasteiger partial charge in [0, 0.05) is 5.71 Å². The largest absolute Gasteiger partial charge is 0.507 e.